The zero-order chi connectivity index (χ0) is 19.2. The van der Waals surface area contributed by atoms with Gasteiger partial charge in [0.15, 0.2) is 0 Å². The van der Waals surface area contributed by atoms with E-state index in [1.54, 1.807) is 24.0 Å². The Bertz CT molecular complexity index is 730. The van der Waals surface area contributed by atoms with Gasteiger partial charge in [-0.05, 0) is 38.8 Å². The normalized spacial score (nSPS) is 17.8. The van der Waals surface area contributed by atoms with Crippen LogP contribution in [0.15, 0.2) is 29.2 Å². The summed E-state index contributed by atoms with van der Waals surface area (Å²) in [7, 11) is -3.63. The minimum Gasteiger partial charge on any atom is -0.466 e. The summed E-state index contributed by atoms with van der Waals surface area (Å²) in [4.78, 5) is 26.0. The van der Waals surface area contributed by atoms with E-state index in [-0.39, 0.29) is 35.7 Å². The quantitative estimate of drug-likeness (QED) is 0.721. The van der Waals surface area contributed by atoms with Crippen LogP contribution in [-0.2, 0) is 24.3 Å². The number of sulfonamides is 1. The van der Waals surface area contributed by atoms with Crippen molar-refractivity contribution in [1.29, 1.82) is 0 Å². The van der Waals surface area contributed by atoms with Gasteiger partial charge in [-0.15, -0.1) is 0 Å². The molecule has 1 N–H and O–H groups in total. The van der Waals surface area contributed by atoms with Crippen molar-refractivity contribution in [3.8, 4) is 0 Å². The maximum atomic E-state index is 12.3. The summed E-state index contributed by atoms with van der Waals surface area (Å²) in [5, 5.41) is 0. The summed E-state index contributed by atoms with van der Waals surface area (Å²) in [5.41, 5.74) is 0.973. The summed E-state index contributed by atoms with van der Waals surface area (Å²) in [6.07, 6.45) is 1.51. The molecule has 7 nitrogen and oxygen atoms in total. The number of nitrogens with one attached hydrogen (secondary N) is 1. The first-order chi connectivity index (χ1) is 12.3. The molecule has 1 aliphatic rings. The fraction of sp³-hybridized carbons (Fsp3) is 0.556. The van der Waals surface area contributed by atoms with Crippen LogP contribution in [0, 0.1) is 12.8 Å². The van der Waals surface area contributed by atoms with E-state index < -0.39 is 10.0 Å². The second-order valence-electron chi connectivity index (χ2n) is 6.39. The number of carbonyl (C=O) groups is 2. The molecule has 1 atom stereocenters. The molecule has 1 fully saturated rings. The number of esters is 1. The molecule has 1 aromatic carbocycles. The summed E-state index contributed by atoms with van der Waals surface area (Å²) >= 11 is 0. The molecule has 144 valence electrons. The second-order valence-corrected chi connectivity index (χ2v) is 8.16. The molecule has 0 aliphatic carbocycles. The van der Waals surface area contributed by atoms with E-state index in [2.05, 4.69) is 4.72 Å². The minimum absolute atomic E-state index is 0.0234. The van der Waals surface area contributed by atoms with Crippen LogP contribution in [0.4, 0.5) is 0 Å². The number of rotatable bonds is 7. The van der Waals surface area contributed by atoms with Gasteiger partial charge < -0.3 is 9.64 Å². The van der Waals surface area contributed by atoms with Gasteiger partial charge in [0.25, 0.3) is 0 Å². The predicted molar refractivity (Wildman–Crippen MR) is 96.9 cm³/mol. The zero-order valence-electron chi connectivity index (χ0n) is 15.2. The first-order valence-corrected chi connectivity index (χ1v) is 10.3. The summed E-state index contributed by atoms with van der Waals surface area (Å²) in [5.74, 6) is -0.729. The lowest BCUT2D eigenvalue weighted by Crippen LogP contribution is -2.43. The molecule has 1 aliphatic heterocycles. The van der Waals surface area contributed by atoms with Crippen molar-refractivity contribution in [1.82, 2.24) is 9.62 Å². The van der Waals surface area contributed by atoms with Crippen molar-refractivity contribution in [2.24, 2.45) is 5.92 Å². The largest absolute Gasteiger partial charge is 0.466 e. The molecular formula is C18H26N2O5S. The van der Waals surface area contributed by atoms with Crippen LogP contribution >= 0.6 is 0 Å². The van der Waals surface area contributed by atoms with Gasteiger partial charge in [-0.1, -0.05) is 17.7 Å². The maximum absolute atomic E-state index is 12.3. The average molecular weight is 382 g/mol. The fourth-order valence-electron chi connectivity index (χ4n) is 2.91. The van der Waals surface area contributed by atoms with Crippen LogP contribution in [0.25, 0.3) is 0 Å². The number of likely N-dealkylation sites (tertiary alicyclic amines) is 1. The van der Waals surface area contributed by atoms with Gasteiger partial charge in [0.05, 0.1) is 17.4 Å². The number of benzene rings is 1. The maximum Gasteiger partial charge on any atom is 0.310 e. The highest BCUT2D eigenvalue weighted by atomic mass is 32.2. The Morgan fingerprint density at radius 1 is 1.27 bits per heavy atom. The molecule has 1 aromatic rings. The Kier molecular flexibility index (Phi) is 7.16. The highest BCUT2D eigenvalue weighted by molar-refractivity contribution is 7.89. The minimum atomic E-state index is -3.63. The van der Waals surface area contributed by atoms with E-state index in [4.69, 9.17) is 4.74 Å². The molecule has 0 aromatic heterocycles. The monoisotopic (exact) mass is 382 g/mol. The third-order valence-corrected chi connectivity index (χ3v) is 5.83. The van der Waals surface area contributed by atoms with Gasteiger partial charge in [-0.25, -0.2) is 13.1 Å². The molecule has 0 unspecified atom stereocenters. The zero-order valence-corrected chi connectivity index (χ0v) is 16.0. The topological polar surface area (TPSA) is 92.8 Å². The third kappa shape index (κ3) is 5.54. The number of hydrogen-bond donors (Lipinski definition) is 1. The standard InChI is InChI=1S/C18H26N2O5S/c1-3-25-18(22)15-5-4-12-20(13-15)17(21)10-11-19-26(23,24)16-8-6-14(2)7-9-16/h6-9,15,19H,3-5,10-13H2,1-2H3/t15-/m1/s1. The number of hydrogen-bond acceptors (Lipinski definition) is 5. The summed E-state index contributed by atoms with van der Waals surface area (Å²) in [6.45, 7) is 4.90. The molecule has 8 heteroatoms. The van der Waals surface area contributed by atoms with Crippen molar-refractivity contribution in [2.75, 3.05) is 26.2 Å². The van der Waals surface area contributed by atoms with Crippen LogP contribution in [0.2, 0.25) is 0 Å². The van der Waals surface area contributed by atoms with E-state index in [1.165, 1.54) is 12.1 Å². The molecule has 0 bridgehead atoms. The Hall–Kier alpha value is -1.93. The van der Waals surface area contributed by atoms with E-state index in [0.717, 1.165) is 12.0 Å². The number of ether oxygens (including phenoxy) is 1. The van der Waals surface area contributed by atoms with Crippen molar-refractivity contribution < 1.29 is 22.7 Å². The van der Waals surface area contributed by atoms with Gasteiger partial charge >= 0.3 is 5.97 Å². The average Bonchev–Trinajstić information content (AvgIpc) is 2.62. The predicted octanol–water partition coefficient (Wildman–Crippen LogP) is 1.47. The molecule has 2 rings (SSSR count). The number of carbonyl (C=O) groups excluding carboxylic acids is 2. The number of piperidine rings is 1. The highest BCUT2D eigenvalue weighted by Gasteiger charge is 2.29. The van der Waals surface area contributed by atoms with Gasteiger partial charge in [0.2, 0.25) is 15.9 Å². The molecule has 0 spiro atoms. The Morgan fingerprint density at radius 2 is 1.96 bits per heavy atom. The van der Waals surface area contributed by atoms with Crippen molar-refractivity contribution in [2.45, 2.75) is 38.0 Å². The lowest BCUT2D eigenvalue weighted by atomic mass is 9.98. The van der Waals surface area contributed by atoms with E-state index in [1.807, 2.05) is 6.92 Å². The molecule has 1 saturated heterocycles. The van der Waals surface area contributed by atoms with Gasteiger partial charge in [0.1, 0.15) is 0 Å². The van der Waals surface area contributed by atoms with E-state index in [0.29, 0.717) is 26.1 Å². The smallest absolute Gasteiger partial charge is 0.310 e. The SMILES string of the molecule is CCOC(=O)[C@@H]1CCCN(C(=O)CCNS(=O)(=O)c2ccc(C)cc2)C1. The van der Waals surface area contributed by atoms with Crippen molar-refractivity contribution in [3.63, 3.8) is 0 Å². The Balaban J connectivity index is 1.84. The van der Waals surface area contributed by atoms with E-state index in [9.17, 15) is 18.0 Å². The summed E-state index contributed by atoms with van der Waals surface area (Å²) < 4.78 is 31.9. The van der Waals surface area contributed by atoms with Crippen LogP contribution in [0.5, 0.6) is 0 Å². The highest BCUT2D eigenvalue weighted by Crippen LogP contribution is 2.18. The first kappa shape index (κ1) is 20.4. The fourth-order valence-corrected chi connectivity index (χ4v) is 3.94. The van der Waals surface area contributed by atoms with Crippen molar-refractivity contribution >= 4 is 21.9 Å². The Morgan fingerprint density at radius 3 is 2.62 bits per heavy atom. The Labute approximate surface area is 154 Å². The lowest BCUT2D eigenvalue weighted by molar-refractivity contribution is -0.151. The molecule has 0 saturated carbocycles. The van der Waals surface area contributed by atoms with Crippen LogP contribution in [-0.4, -0.2) is 51.4 Å². The van der Waals surface area contributed by atoms with E-state index >= 15 is 0 Å². The third-order valence-electron chi connectivity index (χ3n) is 4.36. The van der Waals surface area contributed by atoms with Crippen LogP contribution in [0.3, 0.4) is 0 Å². The number of nitrogens with zero attached hydrogens (tertiary/aromatic N) is 1. The second kappa shape index (κ2) is 9.14. The lowest BCUT2D eigenvalue weighted by Gasteiger charge is -2.31. The number of amides is 1. The van der Waals surface area contributed by atoms with Crippen LogP contribution in [0.1, 0.15) is 31.7 Å². The summed E-state index contributed by atoms with van der Waals surface area (Å²) in [6, 6.07) is 6.52. The molecule has 0 radical (unpaired) electrons. The molecular weight excluding hydrogens is 356 g/mol. The number of aryl methyl sites for hydroxylation is 1. The first-order valence-electron chi connectivity index (χ1n) is 8.84. The van der Waals surface area contributed by atoms with Gasteiger partial charge in [0, 0.05) is 26.1 Å². The van der Waals surface area contributed by atoms with Crippen LogP contribution < -0.4 is 4.72 Å². The molecule has 26 heavy (non-hydrogen) atoms. The van der Waals surface area contributed by atoms with Crippen molar-refractivity contribution in [3.05, 3.63) is 29.8 Å². The van der Waals surface area contributed by atoms with Gasteiger partial charge in [-0.3, -0.25) is 9.59 Å². The molecule has 1 amide bonds. The molecule has 1 heterocycles. The van der Waals surface area contributed by atoms with Gasteiger partial charge in [-0.2, -0.15) is 0 Å².